The van der Waals surface area contributed by atoms with Crippen LogP contribution in [0.15, 0.2) is 60.7 Å². The van der Waals surface area contributed by atoms with Crippen LogP contribution >= 0.6 is 0 Å². The van der Waals surface area contributed by atoms with Gasteiger partial charge in [-0.3, -0.25) is 0 Å². The fourth-order valence-corrected chi connectivity index (χ4v) is 5.76. The first kappa shape index (κ1) is 26.7. The molecule has 0 N–H and O–H groups in total. The molecule has 0 amide bonds. The summed E-state index contributed by atoms with van der Waals surface area (Å²) in [6, 6.07) is 19.8. The zero-order valence-electron chi connectivity index (χ0n) is 22.1. The minimum absolute atomic E-state index is 0.247. The molecule has 34 heavy (non-hydrogen) atoms. The second-order valence-electron chi connectivity index (χ2n) is 10.8. The van der Waals surface area contributed by atoms with E-state index in [2.05, 4.69) is 80.6 Å². The smallest absolute Gasteiger partial charge is 0.0821 e. The third-order valence-electron chi connectivity index (χ3n) is 8.08. The number of hydrogen-bond donors (Lipinski definition) is 0. The predicted octanol–water partition coefficient (Wildman–Crippen LogP) is 9.82. The Hall–Kier alpha value is -1.86. The number of ether oxygens (including phenoxy) is 1. The molecule has 1 heteroatoms. The molecule has 2 unspecified atom stereocenters. The van der Waals surface area contributed by atoms with E-state index >= 15 is 0 Å². The van der Waals surface area contributed by atoms with Crippen molar-refractivity contribution in [1.82, 2.24) is 0 Å². The van der Waals surface area contributed by atoms with E-state index in [1.807, 2.05) is 7.11 Å². The first-order valence-corrected chi connectivity index (χ1v) is 14.0. The van der Waals surface area contributed by atoms with E-state index in [1.54, 1.807) is 0 Å². The Morgan fingerprint density at radius 3 is 2.15 bits per heavy atom. The van der Waals surface area contributed by atoms with E-state index < -0.39 is 0 Å². The van der Waals surface area contributed by atoms with Gasteiger partial charge in [-0.15, -0.1) is 0 Å². The number of aryl methyl sites for hydroxylation is 1. The fraction of sp³-hybridized carbons (Fsp3) is 0.576. The third kappa shape index (κ3) is 9.41. The average molecular weight is 461 g/mol. The molecule has 2 atom stereocenters. The average Bonchev–Trinajstić information content (AvgIpc) is 2.88. The Labute approximate surface area is 210 Å². The van der Waals surface area contributed by atoms with Crippen molar-refractivity contribution >= 4 is 6.08 Å². The molecule has 0 aliphatic heterocycles. The van der Waals surface area contributed by atoms with Crippen molar-refractivity contribution in [2.24, 2.45) is 17.8 Å². The SMILES string of the molecule is C/C=C/c1ccc(CCC2CCC(CCCCC(C)CCC(OC)c3ccccc3)CC2)cc1. The highest BCUT2D eigenvalue weighted by atomic mass is 16.5. The number of benzene rings is 2. The van der Waals surface area contributed by atoms with Gasteiger partial charge in [-0.1, -0.05) is 125 Å². The van der Waals surface area contributed by atoms with Crippen LogP contribution < -0.4 is 0 Å². The van der Waals surface area contributed by atoms with Gasteiger partial charge in [0.05, 0.1) is 6.10 Å². The number of unbranched alkanes of at least 4 members (excludes halogenated alkanes) is 1. The molecule has 2 aromatic carbocycles. The third-order valence-corrected chi connectivity index (χ3v) is 8.08. The Bertz CT molecular complexity index is 798. The Kier molecular flexibility index (Phi) is 12.0. The maximum Gasteiger partial charge on any atom is 0.0821 e. The summed E-state index contributed by atoms with van der Waals surface area (Å²) in [6.45, 7) is 4.51. The highest BCUT2D eigenvalue weighted by molar-refractivity contribution is 5.49. The van der Waals surface area contributed by atoms with Crippen molar-refractivity contribution in [3.05, 3.63) is 77.4 Å². The second kappa shape index (κ2) is 15.2. The van der Waals surface area contributed by atoms with Crippen molar-refractivity contribution in [2.75, 3.05) is 7.11 Å². The Morgan fingerprint density at radius 2 is 1.50 bits per heavy atom. The lowest BCUT2D eigenvalue weighted by atomic mass is 9.77. The lowest BCUT2D eigenvalue weighted by molar-refractivity contribution is 0.0893. The molecular weight excluding hydrogens is 412 g/mol. The summed E-state index contributed by atoms with van der Waals surface area (Å²) in [7, 11) is 1.85. The monoisotopic (exact) mass is 460 g/mol. The molecular formula is C33H48O. The largest absolute Gasteiger partial charge is 0.377 e. The molecule has 0 bridgehead atoms. The van der Waals surface area contributed by atoms with Gasteiger partial charge in [-0.25, -0.2) is 0 Å². The standard InChI is InChI=1S/C33H48O/c1-4-10-28-16-20-30(21-17-28)24-25-31-22-18-29(19-23-31)12-9-8-11-27(2)15-26-33(34-3)32-13-6-5-7-14-32/h4-7,10,13-14,16-17,20-21,27,29,31,33H,8-9,11-12,15,18-19,22-26H2,1-3H3/b10-4+. The van der Waals surface area contributed by atoms with Gasteiger partial charge in [-0.05, 0) is 67.1 Å². The van der Waals surface area contributed by atoms with Crippen LogP contribution in [0.5, 0.6) is 0 Å². The molecule has 0 heterocycles. The number of hydrogen-bond acceptors (Lipinski definition) is 1. The Balaban J connectivity index is 1.23. The molecule has 1 aliphatic rings. The summed E-state index contributed by atoms with van der Waals surface area (Å²) in [4.78, 5) is 0. The van der Waals surface area contributed by atoms with Crippen LogP contribution in [0.25, 0.3) is 6.08 Å². The fourth-order valence-electron chi connectivity index (χ4n) is 5.76. The number of methoxy groups -OCH3 is 1. The van der Waals surface area contributed by atoms with E-state index in [1.165, 1.54) is 87.3 Å². The quantitative estimate of drug-likeness (QED) is 0.255. The van der Waals surface area contributed by atoms with Gasteiger partial charge in [0.2, 0.25) is 0 Å². The van der Waals surface area contributed by atoms with Gasteiger partial charge >= 0.3 is 0 Å². The molecule has 0 saturated heterocycles. The summed E-state index contributed by atoms with van der Waals surface area (Å²) in [5.41, 5.74) is 4.13. The summed E-state index contributed by atoms with van der Waals surface area (Å²) in [6.07, 6.45) is 21.0. The van der Waals surface area contributed by atoms with Crippen molar-refractivity contribution in [3.63, 3.8) is 0 Å². The van der Waals surface area contributed by atoms with Gasteiger partial charge < -0.3 is 4.74 Å². The lowest BCUT2D eigenvalue weighted by Gasteiger charge is -2.28. The summed E-state index contributed by atoms with van der Waals surface area (Å²) in [5, 5.41) is 0. The maximum atomic E-state index is 5.75. The lowest BCUT2D eigenvalue weighted by Crippen LogP contribution is -2.15. The predicted molar refractivity (Wildman–Crippen MR) is 148 cm³/mol. The summed E-state index contributed by atoms with van der Waals surface area (Å²) >= 11 is 0. The molecule has 1 aliphatic carbocycles. The minimum Gasteiger partial charge on any atom is -0.377 e. The highest BCUT2D eigenvalue weighted by Gasteiger charge is 2.21. The van der Waals surface area contributed by atoms with Gasteiger partial charge in [0.25, 0.3) is 0 Å². The molecule has 0 radical (unpaired) electrons. The van der Waals surface area contributed by atoms with Crippen molar-refractivity contribution in [1.29, 1.82) is 0 Å². The van der Waals surface area contributed by atoms with E-state index in [4.69, 9.17) is 4.74 Å². The highest BCUT2D eigenvalue weighted by Crippen LogP contribution is 2.34. The molecule has 1 nitrogen and oxygen atoms in total. The summed E-state index contributed by atoms with van der Waals surface area (Å²) < 4.78 is 5.75. The van der Waals surface area contributed by atoms with E-state index in [0.29, 0.717) is 0 Å². The zero-order valence-corrected chi connectivity index (χ0v) is 22.1. The van der Waals surface area contributed by atoms with Crippen LogP contribution in [-0.2, 0) is 11.2 Å². The van der Waals surface area contributed by atoms with Crippen LogP contribution in [0.3, 0.4) is 0 Å². The van der Waals surface area contributed by atoms with Crippen LogP contribution in [0.1, 0.15) is 107 Å². The maximum absolute atomic E-state index is 5.75. The molecule has 3 rings (SSSR count). The first-order chi connectivity index (χ1) is 16.7. The summed E-state index contributed by atoms with van der Waals surface area (Å²) in [5.74, 6) is 2.73. The van der Waals surface area contributed by atoms with Crippen molar-refractivity contribution < 1.29 is 4.74 Å². The van der Waals surface area contributed by atoms with E-state index in [9.17, 15) is 0 Å². The molecule has 1 saturated carbocycles. The van der Waals surface area contributed by atoms with Crippen LogP contribution in [-0.4, -0.2) is 7.11 Å². The molecule has 0 aromatic heterocycles. The van der Waals surface area contributed by atoms with Gasteiger partial charge in [0.1, 0.15) is 0 Å². The van der Waals surface area contributed by atoms with E-state index in [0.717, 1.165) is 24.2 Å². The topological polar surface area (TPSA) is 9.23 Å². The molecule has 1 fully saturated rings. The van der Waals surface area contributed by atoms with Crippen LogP contribution in [0, 0.1) is 17.8 Å². The van der Waals surface area contributed by atoms with Crippen molar-refractivity contribution in [3.8, 4) is 0 Å². The van der Waals surface area contributed by atoms with Gasteiger partial charge in [0.15, 0.2) is 0 Å². The van der Waals surface area contributed by atoms with Gasteiger partial charge in [0, 0.05) is 7.11 Å². The normalized spacial score (nSPS) is 20.4. The van der Waals surface area contributed by atoms with E-state index in [-0.39, 0.29) is 6.10 Å². The zero-order chi connectivity index (χ0) is 24.0. The number of allylic oxidation sites excluding steroid dienone is 1. The minimum atomic E-state index is 0.247. The van der Waals surface area contributed by atoms with Gasteiger partial charge in [-0.2, -0.15) is 0 Å². The first-order valence-electron chi connectivity index (χ1n) is 14.0. The van der Waals surface area contributed by atoms with Crippen LogP contribution in [0.4, 0.5) is 0 Å². The van der Waals surface area contributed by atoms with Crippen LogP contribution in [0.2, 0.25) is 0 Å². The van der Waals surface area contributed by atoms with Crippen molar-refractivity contribution in [2.45, 2.75) is 97.0 Å². The molecule has 2 aromatic rings. The molecule has 186 valence electrons. The molecule has 0 spiro atoms. The number of rotatable bonds is 14. The Morgan fingerprint density at radius 1 is 0.824 bits per heavy atom. The second-order valence-corrected chi connectivity index (χ2v) is 10.8.